The highest BCUT2D eigenvalue weighted by Gasteiger charge is 2.21. The van der Waals surface area contributed by atoms with Gasteiger partial charge in [0.2, 0.25) is 5.91 Å². The molecule has 0 radical (unpaired) electrons. The lowest BCUT2D eigenvalue weighted by molar-refractivity contribution is -0.114. The van der Waals surface area contributed by atoms with Crippen molar-refractivity contribution in [3.8, 4) is 10.6 Å². The van der Waals surface area contributed by atoms with Crippen molar-refractivity contribution >= 4 is 28.8 Å². The molecule has 0 spiro atoms. The van der Waals surface area contributed by atoms with E-state index in [2.05, 4.69) is 15.6 Å². The van der Waals surface area contributed by atoms with Gasteiger partial charge in [-0.05, 0) is 31.9 Å². The van der Waals surface area contributed by atoms with E-state index < -0.39 is 0 Å². The number of hydrogen-bond acceptors (Lipinski definition) is 4. The summed E-state index contributed by atoms with van der Waals surface area (Å²) >= 11 is 1.50. The minimum absolute atomic E-state index is 0.0788. The summed E-state index contributed by atoms with van der Waals surface area (Å²) < 4.78 is 0. The number of aryl methyl sites for hydroxylation is 1. The Morgan fingerprint density at radius 1 is 1.20 bits per heavy atom. The zero-order chi connectivity index (χ0) is 17.8. The molecule has 6 heteroatoms. The van der Waals surface area contributed by atoms with Gasteiger partial charge < -0.3 is 10.6 Å². The molecule has 1 aliphatic carbocycles. The van der Waals surface area contributed by atoms with Gasteiger partial charge in [0.25, 0.3) is 5.91 Å². The average Bonchev–Trinajstić information content (AvgIpc) is 2.97. The average molecular weight is 357 g/mol. The van der Waals surface area contributed by atoms with Crippen LogP contribution in [0.3, 0.4) is 0 Å². The van der Waals surface area contributed by atoms with Gasteiger partial charge in [-0.1, -0.05) is 31.4 Å². The fourth-order valence-electron chi connectivity index (χ4n) is 3.16. The number of aromatic nitrogens is 1. The predicted octanol–water partition coefficient (Wildman–Crippen LogP) is 4.14. The molecule has 132 valence electrons. The van der Waals surface area contributed by atoms with E-state index in [4.69, 9.17) is 0 Å². The van der Waals surface area contributed by atoms with E-state index >= 15 is 0 Å². The molecular weight excluding hydrogens is 334 g/mol. The molecule has 0 saturated heterocycles. The van der Waals surface area contributed by atoms with Gasteiger partial charge in [0.15, 0.2) is 0 Å². The highest BCUT2D eigenvalue weighted by molar-refractivity contribution is 7.15. The summed E-state index contributed by atoms with van der Waals surface area (Å²) in [6.45, 7) is 3.41. The van der Waals surface area contributed by atoms with Crippen LogP contribution in [-0.2, 0) is 4.79 Å². The second-order valence-electron chi connectivity index (χ2n) is 6.49. The number of carbonyl (C=O) groups is 2. The molecule has 2 aromatic rings. The highest BCUT2D eigenvalue weighted by atomic mass is 32.1. The summed E-state index contributed by atoms with van der Waals surface area (Å²) in [4.78, 5) is 29.3. The van der Waals surface area contributed by atoms with Crippen LogP contribution in [0.15, 0.2) is 24.3 Å². The summed E-state index contributed by atoms with van der Waals surface area (Å²) in [5.74, 6) is -0.190. The van der Waals surface area contributed by atoms with E-state index in [1.54, 1.807) is 0 Å². The van der Waals surface area contributed by atoms with Crippen molar-refractivity contribution in [1.82, 2.24) is 10.3 Å². The molecule has 1 aromatic carbocycles. The number of rotatable bonds is 4. The Hall–Kier alpha value is -2.21. The second kappa shape index (κ2) is 7.78. The zero-order valence-electron chi connectivity index (χ0n) is 14.6. The smallest absolute Gasteiger partial charge is 0.271 e. The van der Waals surface area contributed by atoms with E-state index in [0.717, 1.165) is 34.0 Å². The van der Waals surface area contributed by atoms with Gasteiger partial charge in [0, 0.05) is 29.1 Å². The molecule has 1 saturated carbocycles. The summed E-state index contributed by atoms with van der Waals surface area (Å²) in [6, 6.07) is 7.80. The highest BCUT2D eigenvalue weighted by Crippen LogP contribution is 2.29. The first-order valence-corrected chi connectivity index (χ1v) is 9.51. The summed E-state index contributed by atoms with van der Waals surface area (Å²) in [7, 11) is 0. The first-order valence-electron chi connectivity index (χ1n) is 8.69. The van der Waals surface area contributed by atoms with Crippen molar-refractivity contribution in [3.63, 3.8) is 0 Å². The Bertz CT molecular complexity index is 779. The molecule has 5 nitrogen and oxygen atoms in total. The van der Waals surface area contributed by atoms with Crippen LogP contribution in [0.5, 0.6) is 0 Å². The van der Waals surface area contributed by atoms with Gasteiger partial charge in [-0.2, -0.15) is 0 Å². The lowest BCUT2D eigenvalue weighted by Crippen LogP contribution is -2.36. The minimum Gasteiger partial charge on any atom is -0.348 e. The maximum atomic E-state index is 12.6. The molecule has 0 aliphatic heterocycles. The van der Waals surface area contributed by atoms with Crippen LogP contribution >= 0.6 is 11.3 Å². The number of benzene rings is 1. The Morgan fingerprint density at radius 3 is 2.68 bits per heavy atom. The largest absolute Gasteiger partial charge is 0.348 e. The zero-order valence-corrected chi connectivity index (χ0v) is 15.4. The van der Waals surface area contributed by atoms with Gasteiger partial charge in [0.1, 0.15) is 10.7 Å². The number of nitrogens with one attached hydrogen (secondary N) is 2. The number of hydrogen-bond donors (Lipinski definition) is 2. The van der Waals surface area contributed by atoms with Crippen molar-refractivity contribution in [1.29, 1.82) is 0 Å². The van der Waals surface area contributed by atoms with Crippen molar-refractivity contribution in [2.24, 2.45) is 0 Å². The van der Waals surface area contributed by atoms with Crippen LogP contribution in [0.25, 0.3) is 10.6 Å². The molecule has 25 heavy (non-hydrogen) atoms. The van der Waals surface area contributed by atoms with Gasteiger partial charge >= 0.3 is 0 Å². The fourth-order valence-corrected chi connectivity index (χ4v) is 4.07. The van der Waals surface area contributed by atoms with Crippen LogP contribution in [0, 0.1) is 6.92 Å². The minimum atomic E-state index is -0.111. The normalized spacial score (nSPS) is 15.0. The molecule has 2 N–H and O–H groups in total. The molecule has 0 atom stereocenters. The number of amides is 2. The van der Waals surface area contributed by atoms with Gasteiger partial charge in [-0.3, -0.25) is 9.59 Å². The van der Waals surface area contributed by atoms with Gasteiger partial charge in [-0.15, -0.1) is 11.3 Å². The molecule has 1 aliphatic rings. The standard InChI is InChI=1S/C19H23N3O2S/c1-12-17(18(24)21-15-8-4-3-5-9-15)22-19(25-12)14-7-6-10-16(11-14)20-13(2)23/h6-7,10-11,15H,3-5,8-9H2,1-2H3,(H,20,23)(H,21,24). The van der Waals surface area contributed by atoms with Crippen molar-refractivity contribution in [2.45, 2.75) is 52.0 Å². The summed E-state index contributed by atoms with van der Waals surface area (Å²) in [6.07, 6.45) is 5.74. The van der Waals surface area contributed by atoms with Crippen LogP contribution in [0.1, 0.15) is 54.4 Å². The maximum Gasteiger partial charge on any atom is 0.271 e. The molecule has 1 aromatic heterocycles. The Balaban J connectivity index is 1.77. The van der Waals surface area contributed by atoms with E-state index in [1.807, 2.05) is 31.2 Å². The maximum absolute atomic E-state index is 12.6. The predicted molar refractivity (Wildman–Crippen MR) is 101 cm³/mol. The second-order valence-corrected chi connectivity index (χ2v) is 7.70. The molecule has 3 rings (SSSR count). The lowest BCUT2D eigenvalue weighted by Gasteiger charge is -2.22. The Labute approximate surface area is 151 Å². The Morgan fingerprint density at radius 2 is 1.96 bits per heavy atom. The number of nitrogens with zero attached hydrogens (tertiary/aromatic N) is 1. The third-order valence-corrected chi connectivity index (χ3v) is 5.40. The first kappa shape index (κ1) is 17.6. The first-order chi connectivity index (χ1) is 12.0. The number of carbonyl (C=O) groups excluding carboxylic acids is 2. The van der Waals surface area contributed by atoms with Gasteiger partial charge in [-0.25, -0.2) is 4.98 Å². The fraction of sp³-hybridized carbons (Fsp3) is 0.421. The molecule has 1 heterocycles. The SMILES string of the molecule is CC(=O)Nc1cccc(-c2nc(C(=O)NC3CCCCC3)c(C)s2)c1. The lowest BCUT2D eigenvalue weighted by atomic mass is 9.95. The topological polar surface area (TPSA) is 71.1 Å². The quantitative estimate of drug-likeness (QED) is 0.864. The molecule has 1 fully saturated rings. The van der Waals surface area contributed by atoms with Crippen molar-refractivity contribution < 1.29 is 9.59 Å². The molecule has 2 amide bonds. The van der Waals surface area contributed by atoms with Crippen molar-refractivity contribution in [2.75, 3.05) is 5.32 Å². The van der Waals surface area contributed by atoms with E-state index in [9.17, 15) is 9.59 Å². The third kappa shape index (κ3) is 4.45. The molecular formula is C19H23N3O2S. The monoisotopic (exact) mass is 357 g/mol. The van der Waals surface area contributed by atoms with Gasteiger partial charge in [0.05, 0.1) is 0 Å². The summed E-state index contributed by atoms with van der Waals surface area (Å²) in [5, 5.41) is 6.69. The van der Waals surface area contributed by atoms with Crippen molar-refractivity contribution in [3.05, 3.63) is 34.8 Å². The number of thiazole rings is 1. The van der Waals surface area contributed by atoms with Crippen LogP contribution in [0.4, 0.5) is 5.69 Å². The van der Waals surface area contributed by atoms with E-state index in [1.165, 1.54) is 37.5 Å². The van der Waals surface area contributed by atoms with E-state index in [0.29, 0.717) is 5.69 Å². The summed E-state index contributed by atoms with van der Waals surface area (Å²) in [5.41, 5.74) is 2.14. The molecule has 0 unspecified atom stereocenters. The molecule has 0 bridgehead atoms. The Kier molecular flexibility index (Phi) is 5.48. The van der Waals surface area contributed by atoms with Crippen LogP contribution in [-0.4, -0.2) is 22.8 Å². The third-order valence-electron chi connectivity index (χ3n) is 4.38. The van der Waals surface area contributed by atoms with Crippen LogP contribution in [0.2, 0.25) is 0 Å². The van der Waals surface area contributed by atoms with E-state index in [-0.39, 0.29) is 17.9 Å². The number of anilines is 1. The van der Waals surface area contributed by atoms with Crippen LogP contribution < -0.4 is 10.6 Å².